The van der Waals surface area contributed by atoms with Gasteiger partial charge >= 0.3 is 0 Å². The molecule has 240 valence electrons. The van der Waals surface area contributed by atoms with E-state index in [1.54, 1.807) is 17.0 Å². The number of hydrogen-bond donors (Lipinski definition) is 0. The molecule has 9 aromatic carbocycles. The van der Waals surface area contributed by atoms with E-state index in [9.17, 15) is 9.60 Å². The van der Waals surface area contributed by atoms with E-state index in [1.807, 2.05) is 103 Å². The lowest BCUT2D eigenvalue weighted by Crippen LogP contribution is -2.11. The number of anilines is 3. The second-order valence-corrected chi connectivity index (χ2v) is 11.8. The smallest absolute Gasteiger partial charge is 0.0645 e. The lowest BCUT2D eigenvalue weighted by atomic mass is 9.95. The SMILES string of the molecule is [2H]c1c([2H])c([2H])c(-c2c([2H])c([2H])c([2H])c3c([2H])c(-c4c([2H])c([2H])c(N(c5ccc(-c6ccc7ccccc7c6)cc5)c5ccccc5-c5ccccc5)c([2H])c4[2H])c([2H])c([2H])c23)c([2H])c1[2H]. The summed E-state index contributed by atoms with van der Waals surface area (Å²) >= 11 is 0. The Morgan fingerprint density at radius 3 is 1.88 bits per heavy atom. The molecule has 0 aliphatic rings. The van der Waals surface area contributed by atoms with Crippen molar-refractivity contribution in [3.05, 3.63) is 212 Å². The van der Waals surface area contributed by atoms with Gasteiger partial charge in [0.15, 0.2) is 0 Å². The molecule has 0 N–H and O–H groups in total. The summed E-state index contributed by atoms with van der Waals surface area (Å²) in [6.07, 6.45) is 0. The molecule has 0 unspecified atom stereocenters. The Morgan fingerprint density at radius 1 is 0.353 bits per heavy atom. The van der Waals surface area contributed by atoms with Gasteiger partial charge in [0.2, 0.25) is 0 Å². The van der Waals surface area contributed by atoms with Crippen molar-refractivity contribution in [1.29, 1.82) is 0 Å². The largest absolute Gasteiger partial charge is 0.310 e. The van der Waals surface area contributed by atoms with Crippen LogP contribution in [0.3, 0.4) is 0 Å². The third-order valence-electron chi connectivity index (χ3n) is 8.71. The molecule has 1 nitrogen and oxygen atoms in total. The minimum atomic E-state index is -0.796. The number of rotatable bonds is 7. The molecular weight excluding hydrogens is 615 g/mol. The number of fused-ring (bicyclic) bond motifs is 2. The lowest BCUT2D eigenvalue weighted by Gasteiger charge is -2.28. The van der Waals surface area contributed by atoms with Gasteiger partial charge in [-0.25, -0.2) is 0 Å². The normalized spacial score (nSPS) is 15.3. The molecule has 0 amide bonds. The van der Waals surface area contributed by atoms with Gasteiger partial charge < -0.3 is 4.90 Å². The fourth-order valence-electron chi connectivity index (χ4n) is 6.23. The van der Waals surface area contributed by atoms with Crippen LogP contribution in [-0.2, 0) is 0 Å². The Kier molecular flexibility index (Phi) is 4.79. The van der Waals surface area contributed by atoms with Gasteiger partial charge in [-0.15, -0.1) is 0 Å². The molecule has 0 bridgehead atoms. The summed E-state index contributed by atoms with van der Waals surface area (Å²) in [7, 11) is 0. The van der Waals surface area contributed by atoms with Crippen molar-refractivity contribution in [3.63, 3.8) is 0 Å². The van der Waals surface area contributed by atoms with Gasteiger partial charge in [-0.3, -0.25) is 0 Å². The quantitative estimate of drug-likeness (QED) is 0.164. The van der Waals surface area contributed by atoms with Crippen molar-refractivity contribution in [1.82, 2.24) is 0 Å². The molecule has 0 atom stereocenters. The zero-order valence-corrected chi connectivity index (χ0v) is 27.0. The molecule has 9 rings (SSSR count). The average molecular weight is 665 g/mol. The molecule has 1 heteroatoms. The first-order chi connectivity index (χ1) is 31.5. The van der Waals surface area contributed by atoms with Crippen molar-refractivity contribution < 1.29 is 20.6 Å². The van der Waals surface area contributed by atoms with Crippen LogP contribution in [0.1, 0.15) is 20.6 Å². The predicted octanol–water partition coefficient (Wildman–Crippen LogP) is 14.1. The highest BCUT2D eigenvalue weighted by Crippen LogP contribution is 2.42. The van der Waals surface area contributed by atoms with Crippen LogP contribution < -0.4 is 4.90 Å². The maximum absolute atomic E-state index is 9.61. The minimum absolute atomic E-state index is 0.155. The molecule has 0 fully saturated rings. The Bertz CT molecular complexity index is 3420. The van der Waals surface area contributed by atoms with Gasteiger partial charge in [-0.1, -0.05) is 170 Å². The summed E-state index contributed by atoms with van der Waals surface area (Å²) in [6.45, 7) is 0. The zero-order valence-electron chi connectivity index (χ0n) is 42.0. The van der Waals surface area contributed by atoms with Crippen molar-refractivity contribution in [2.75, 3.05) is 4.90 Å². The minimum Gasteiger partial charge on any atom is -0.310 e. The highest BCUT2D eigenvalue weighted by molar-refractivity contribution is 5.99. The van der Waals surface area contributed by atoms with Gasteiger partial charge in [0.25, 0.3) is 0 Å². The molecule has 0 radical (unpaired) electrons. The van der Waals surface area contributed by atoms with Crippen LogP contribution in [-0.4, -0.2) is 0 Å². The molecule has 9 aromatic rings. The summed E-state index contributed by atoms with van der Waals surface area (Å²) in [4.78, 5) is 1.63. The Labute approximate surface area is 320 Å². The number of benzene rings is 9. The first kappa shape index (κ1) is 18.3. The Hall–Kier alpha value is -6.70. The number of nitrogens with zero attached hydrogens (tertiary/aromatic N) is 1. The van der Waals surface area contributed by atoms with Crippen molar-refractivity contribution in [3.8, 4) is 44.5 Å². The van der Waals surface area contributed by atoms with E-state index in [0.29, 0.717) is 16.9 Å². The third-order valence-corrected chi connectivity index (χ3v) is 8.71. The van der Waals surface area contributed by atoms with Crippen LogP contribution in [0.25, 0.3) is 66.1 Å². The molecule has 0 aromatic heterocycles. The third kappa shape index (κ3) is 5.96. The van der Waals surface area contributed by atoms with E-state index in [2.05, 4.69) is 6.07 Å². The summed E-state index contributed by atoms with van der Waals surface area (Å²) in [5.74, 6) is 0. The molecule has 0 aliphatic carbocycles. The first-order valence-electron chi connectivity index (χ1n) is 23.8. The lowest BCUT2D eigenvalue weighted by molar-refractivity contribution is 1.28. The second-order valence-electron chi connectivity index (χ2n) is 11.8. The first-order valence-corrected chi connectivity index (χ1v) is 16.3. The second kappa shape index (κ2) is 13.3. The highest BCUT2D eigenvalue weighted by atomic mass is 15.1. The molecular formula is C50H35N. The van der Waals surface area contributed by atoms with E-state index in [-0.39, 0.29) is 5.69 Å². The van der Waals surface area contributed by atoms with Crippen LogP contribution in [0.5, 0.6) is 0 Å². The molecule has 0 saturated carbocycles. The van der Waals surface area contributed by atoms with E-state index < -0.39 is 124 Å². The number of para-hydroxylation sites is 1. The molecule has 0 spiro atoms. The summed E-state index contributed by atoms with van der Waals surface area (Å²) in [5.41, 5.74) is 2.08. The van der Waals surface area contributed by atoms with Crippen LogP contribution in [0.2, 0.25) is 0 Å². The van der Waals surface area contributed by atoms with E-state index in [0.717, 1.165) is 27.5 Å². The summed E-state index contributed by atoms with van der Waals surface area (Å²) < 4.78 is 134. The number of hydrogen-bond acceptors (Lipinski definition) is 1. The van der Waals surface area contributed by atoms with Crippen LogP contribution in [0.15, 0.2) is 212 Å². The van der Waals surface area contributed by atoms with Gasteiger partial charge in [-0.2, -0.15) is 0 Å². The summed E-state index contributed by atoms with van der Waals surface area (Å²) in [6, 6.07) is 27.7. The molecule has 0 heterocycles. The van der Waals surface area contributed by atoms with Crippen LogP contribution in [0, 0.1) is 0 Å². The maximum Gasteiger partial charge on any atom is 0.0645 e. The van der Waals surface area contributed by atoms with Crippen molar-refractivity contribution >= 4 is 38.6 Å². The van der Waals surface area contributed by atoms with Gasteiger partial charge in [0.05, 0.1) is 26.2 Å². The Balaban J connectivity index is 1.29. The average Bonchev–Trinajstić information content (AvgIpc) is 3.33. The Morgan fingerprint density at radius 2 is 1.06 bits per heavy atom. The fourth-order valence-corrected chi connectivity index (χ4v) is 6.23. The van der Waals surface area contributed by atoms with Crippen molar-refractivity contribution in [2.45, 2.75) is 0 Å². The standard InChI is InChI=1S/C50H35N/c1-3-13-39(14-4-1)47-20-11-18-44-35-43(28-33-48(44)47)38-26-31-46(32-27-38)51(50-21-10-9-19-49(50)40-15-5-2-6-16-40)45-29-24-37(25-30-45)42-23-22-36-12-7-8-17-41(36)34-42/h1-35H/i1D,3D,4D,11D,13D,14D,18D,20D,26D,27D,28D,31D,32D,33D,35D. The zero-order chi connectivity index (χ0) is 47.0. The van der Waals surface area contributed by atoms with Crippen molar-refractivity contribution in [2.24, 2.45) is 0 Å². The van der Waals surface area contributed by atoms with E-state index in [1.165, 1.54) is 0 Å². The van der Waals surface area contributed by atoms with E-state index >= 15 is 0 Å². The van der Waals surface area contributed by atoms with Gasteiger partial charge in [0, 0.05) is 16.9 Å². The van der Waals surface area contributed by atoms with Gasteiger partial charge in [-0.05, 0) is 103 Å². The molecule has 0 saturated heterocycles. The molecule has 51 heavy (non-hydrogen) atoms. The van der Waals surface area contributed by atoms with Crippen LogP contribution in [0.4, 0.5) is 17.1 Å². The summed E-state index contributed by atoms with van der Waals surface area (Å²) in [5, 5.41) is 1.18. The van der Waals surface area contributed by atoms with Crippen LogP contribution >= 0.6 is 0 Å². The van der Waals surface area contributed by atoms with Gasteiger partial charge in [0.1, 0.15) is 0 Å². The molecule has 0 aliphatic heterocycles. The topological polar surface area (TPSA) is 3.24 Å². The predicted molar refractivity (Wildman–Crippen MR) is 218 cm³/mol. The fraction of sp³-hybridized carbons (Fsp3) is 0. The maximum atomic E-state index is 9.61. The van der Waals surface area contributed by atoms with E-state index in [4.69, 9.17) is 11.0 Å². The monoisotopic (exact) mass is 664 g/mol. The highest BCUT2D eigenvalue weighted by Gasteiger charge is 2.17.